The minimum Gasteiger partial charge on any atom is -0.493 e. The molecule has 4 amide bonds. The number of hydrogen-bond donors (Lipinski definition) is 2. The van der Waals surface area contributed by atoms with Crippen LogP contribution in [0.2, 0.25) is 0 Å². The van der Waals surface area contributed by atoms with E-state index in [1.165, 1.54) is 5.56 Å². The quantitative estimate of drug-likeness (QED) is 0.543. The van der Waals surface area contributed by atoms with Crippen molar-refractivity contribution in [2.45, 2.75) is 64.8 Å². The number of ether oxygens (including phenoxy) is 1. The molecule has 3 rings (SSSR count). The van der Waals surface area contributed by atoms with E-state index in [-0.39, 0.29) is 18.4 Å². The summed E-state index contributed by atoms with van der Waals surface area (Å²) in [4.78, 5) is 38.2. The Morgan fingerprint density at radius 2 is 1.90 bits per heavy atom. The zero-order chi connectivity index (χ0) is 21.0. The lowest BCUT2D eigenvalue weighted by Gasteiger charge is -2.30. The molecule has 1 saturated heterocycles. The van der Waals surface area contributed by atoms with Crippen molar-refractivity contribution in [2.75, 3.05) is 19.7 Å². The predicted molar refractivity (Wildman–Crippen MR) is 110 cm³/mol. The van der Waals surface area contributed by atoms with Gasteiger partial charge in [-0.1, -0.05) is 25.3 Å². The molecule has 0 aromatic heterocycles. The molecule has 2 aliphatic rings. The summed E-state index contributed by atoms with van der Waals surface area (Å²) in [5, 5.41) is 5.59. The van der Waals surface area contributed by atoms with Crippen LogP contribution in [-0.4, -0.2) is 48.0 Å². The lowest BCUT2D eigenvalue weighted by molar-refractivity contribution is -0.135. The van der Waals surface area contributed by atoms with Gasteiger partial charge in [0.05, 0.1) is 6.61 Å². The van der Waals surface area contributed by atoms with Crippen LogP contribution in [-0.2, 0) is 9.59 Å². The van der Waals surface area contributed by atoms with Crippen molar-refractivity contribution in [3.8, 4) is 5.75 Å². The van der Waals surface area contributed by atoms with E-state index in [1.807, 2.05) is 19.9 Å². The van der Waals surface area contributed by atoms with E-state index in [0.29, 0.717) is 32.4 Å². The molecule has 2 fully saturated rings. The van der Waals surface area contributed by atoms with Gasteiger partial charge in [0.1, 0.15) is 17.8 Å². The minimum absolute atomic E-state index is 0.233. The van der Waals surface area contributed by atoms with Gasteiger partial charge in [0.25, 0.3) is 5.91 Å². The standard InChI is InChI=1S/C22H31N3O4/c1-15-12-16(2)17(3)18(13-15)29-11-7-10-23-19(26)14-25-20(27)22(24-21(25)28)8-5-4-6-9-22/h12-13H,4-11,14H2,1-3H3,(H,23,26)(H,24,28). The summed E-state index contributed by atoms with van der Waals surface area (Å²) in [5.41, 5.74) is 2.68. The maximum Gasteiger partial charge on any atom is 0.325 e. The van der Waals surface area contributed by atoms with E-state index < -0.39 is 11.6 Å². The Kier molecular flexibility index (Phi) is 6.45. The number of urea groups is 1. The van der Waals surface area contributed by atoms with Crippen molar-refractivity contribution in [2.24, 2.45) is 0 Å². The van der Waals surface area contributed by atoms with E-state index >= 15 is 0 Å². The number of imide groups is 1. The highest BCUT2D eigenvalue weighted by Crippen LogP contribution is 2.33. The van der Waals surface area contributed by atoms with Gasteiger partial charge in [0, 0.05) is 6.54 Å². The first-order valence-electron chi connectivity index (χ1n) is 10.4. The van der Waals surface area contributed by atoms with Crippen LogP contribution < -0.4 is 15.4 Å². The Balaban J connectivity index is 1.41. The lowest BCUT2D eigenvalue weighted by Crippen LogP contribution is -2.49. The molecule has 0 bridgehead atoms. The van der Waals surface area contributed by atoms with Gasteiger partial charge in [-0.3, -0.25) is 14.5 Å². The minimum atomic E-state index is -0.784. The third-order valence-electron chi connectivity index (χ3n) is 5.92. The average molecular weight is 402 g/mol. The highest BCUT2D eigenvalue weighted by Gasteiger charge is 2.51. The molecular weight excluding hydrogens is 370 g/mol. The Bertz CT molecular complexity index is 799. The molecule has 0 radical (unpaired) electrons. The predicted octanol–water partition coefficient (Wildman–Crippen LogP) is 2.75. The van der Waals surface area contributed by atoms with Crippen LogP contribution in [0.3, 0.4) is 0 Å². The summed E-state index contributed by atoms with van der Waals surface area (Å²) < 4.78 is 5.84. The number of nitrogens with zero attached hydrogens (tertiary/aromatic N) is 1. The van der Waals surface area contributed by atoms with E-state index in [1.54, 1.807) is 0 Å². The first-order chi connectivity index (χ1) is 13.8. The van der Waals surface area contributed by atoms with Gasteiger partial charge in [-0.15, -0.1) is 0 Å². The molecule has 1 aromatic rings. The SMILES string of the molecule is Cc1cc(C)c(C)c(OCCCNC(=O)CN2C(=O)NC3(CCCCC3)C2=O)c1. The third-order valence-corrected chi connectivity index (χ3v) is 5.92. The Labute approximate surface area is 172 Å². The fourth-order valence-electron chi connectivity index (χ4n) is 4.15. The number of amides is 4. The van der Waals surface area contributed by atoms with Crippen molar-refractivity contribution in [3.63, 3.8) is 0 Å². The Hall–Kier alpha value is -2.57. The van der Waals surface area contributed by atoms with Crippen molar-refractivity contribution in [3.05, 3.63) is 28.8 Å². The van der Waals surface area contributed by atoms with Crippen molar-refractivity contribution < 1.29 is 19.1 Å². The van der Waals surface area contributed by atoms with Gasteiger partial charge in [-0.05, 0) is 62.8 Å². The smallest absolute Gasteiger partial charge is 0.325 e. The van der Waals surface area contributed by atoms with Gasteiger partial charge < -0.3 is 15.4 Å². The van der Waals surface area contributed by atoms with E-state index in [2.05, 4.69) is 23.6 Å². The van der Waals surface area contributed by atoms with Crippen molar-refractivity contribution >= 4 is 17.8 Å². The van der Waals surface area contributed by atoms with Gasteiger partial charge in [-0.2, -0.15) is 0 Å². The first kappa shape index (κ1) is 21.1. The molecule has 0 atom stereocenters. The average Bonchev–Trinajstić information content (AvgIpc) is 2.89. The monoisotopic (exact) mass is 401 g/mol. The van der Waals surface area contributed by atoms with E-state index in [0.717, 1.165) is 41.0 Å². The molecular formula is C22H31N3O4. The summed E-state index contributed by atoms with van der Waals surface area (Å²) >= 11 is 0. The van der Waals surface area contributed by atoms with Crippen LogP contribution >= 0.6 is 0 Å². The zero-order valence-corrected chi connectivity index (χ0v) is 17.6. The maximum absolute atomic E-state index is 12.7. The number of hydrogen-bond acceptors (Lipinski definition) is 4. The Morgan fingerprint density at radius 1 is 1.17 bits per heavy atom. The van der Waals surface area contributed by atoms with Crippen LogP contribution in [0.1, 0.15) is 55.2 Å². The molecule has 158 valence electrons. The molecule has 1 aliphatic carbocycles. The van der Waals surface area contributed by atoms with Crippen LogP contribution in [0, 0.1) is 20.8 Å². The van der Waals surface area contributed by atoms with Gasteiger partial charge >= 0.3 is 6.03 Å². The summed E-state index contributed by atoms with van der Waals surface area (Å²) in [5.74, 6) is 0.279. The van der Waals surface area contributed by atoms with Gasteiger partial charge in [0.15, 0.2) is 0 Å². The van der Waals surface area contributed by atoms with Crippen LogP contribution in [0.15, 0.2) is 12.1 Å². The molecule has 7 heteroatoms. The van der Waals surface area contributed by atoms with Crippen LogP contribution in [0.5, 0.6) is 5.75 Å². The molecule has 2 N–H and O–H groups in total. The lowest BCUT2D eigenvalue weighted by atomic mass is 9.82. The van der Waals surface area contributed by atoms with Crippen molar-refractivity contribution in [1.82, 2.24) is 15.5 Å². The number of nitrogens with one attached hydrogen (secondary N) is 2. The second-order valence-electron chi connectivity index (χ2n) is 8.22. The summed E-state index contributed by atoms with van der Waals surface area (Å²) in [6.07, 6.45) is 4.88. The Morgan fingerprint density at radius 3 is 2.62 bits per heavy atom. The third kappa shape index (κ3) is 4.71. The van der Waals surface area contributed by atoms with Gasteiger partial charge in [0.2, 0.25) is 5.91 Å². The second kappa shape index (κ2) is 8.84. The summed E-state index contributed by atoms with van der Waals surface area (Å²) in [7, 11) is 0. The number of benzene rings is 1. The normalized spacial score (nSPS) is 18.1. The number of carbonyl (C=O) groups is 3. The zero-order valence-electron chi connectivity index (χ0n) is 17.6. The topological polar surface area (TPSA) is 87.7 Å². The highest BCUT2D eigenvalue weighted by molar-refractivity contribution is 6.09. The van der Waals surface area contributed by atoms with Crippen molar-refractivity contribution in [1.29, 1.82) is 0 Å². The largest absolute Gasteiger partial charge is 0.493 e. The number of aryl methyl sites for hydroxylation is 2. The van der Waals surface area contributed by atoms with Crippen LogP contribution in [0.4, 0.5) is 4.79 Å². The molecule has 7 nitrogen and oxygen atoms in total. The number of rotatable bonds is 7. The second-order valence-corrected chi connectivity index (χ2v) is 8.22. The van der Waals surface area contributed by atoms with Crippen LogP contribution in [0.25, 0.3) is 0 Å². The molecule has 1 aliphatic heterocycles. The fourth-order valence-corrected chi connectivity index (χ4v) is 4.15. The maximum atomic E-state index is 12.7. The molecule has 1 spiro atoms. The number of carbonyl (C=O) groups excluding carboxylic acids is 3. The summed E-state index contributed by atoms with van der Waals surface area (Å²) in [6.45, 7) is 6.80. The van der Waals surface area contributed by atoms with E-state index in [4.69, 9.17) is 4.74 Å². The molecule has 1 heterocycles. The molecule has 0 unspecified atom stereocenters. The van der Waals surface area contributed by atoms with E-state index in [9.17, 15) is 14.4 Å². The first-order valence-corrected chi connectivity index (χ1v) is 10.4. The van der Waals surface area contributed by atoms with Gasteiger partial charge in [-0.25, -0.2) is 4.79 Å². The molecule has 29 heavy (non-hydrogen) atoms. The molecule has 1 aromatic carbocycles. The fraction of sp³-hybridized carbons (Fsp3) is 0.591. The summed E-state index contributed by atoms with van der Waals surface area (Å²) in [6, 6.07) is 3.68. The highest BCUT2D eigenvalue weighted by atomic mass is 16.5. The molecule has 1 saturated carbocycles.